The molecule has 24 heavy (non-hydrogen) atoms. The first kappa shape index (κ1) is 17.8. The number of aliphatic hydroxyl groups is 1. The Bertz CT molecular complexity index is 708. The fourth-order valence-electron chi connectivity index (χ4n) is 2.02. The SMILES string of the molecule is COc1ccc(-c2noc(C(C)O)c2C(=O)NCC(F)(F)F)cc1. The van der Waals surface area contributed by atoms with Gasteiger partial charge in [0.1, 0.15) is 29.7 Å². The van der Waals surface area contributed by atoms with Gasteiger partial charge in [-0.2, -0.15) is 13.2 Å². The van der Waals surface area contributed by atoms with Crippen LogP contribution in [0.25, 0.3) is 11.3 Å². The van der Waals surface area contributed by atoms with Gasteiger partial charge in [0, 0.05) is 5.56 Å². The van der Waals surface area contributed by atoms with Crippen LogP contribution in [-0.2, 0) is 0 Å². The quantitative estimate of drug-likeness (QED) is 0.871. The molecule has 9 heteroatoms. The van der Waals surface area contributed by atoms with Crippen LogP contribution in [0.5, 0.6) is 5.75 Å². The molecule has 1 heterocycles. The molecule has 1 unspecified atom stereocenters. The second-order valence-corrected chi connectivity index (χ2v) is 4.97. The van der Waals surface area contributed by atoms with E-state index in [4.69, 9.17) is 9.26 Å². The molecule has 0 radical (unpaired) electrons. The molecule has 1 aromatic carbocycles. The van der Waals surface area contributed by atoms with Gasteiger partial charge in [0.25, 0.3) is 5.91 Å². The van der Waals surface area contributed by atoms with Crippen molar-refractivity contribution in [3.05, 3.63) is 35.6 Å². The summed E-state index contributed by atoms with van der Waals surface area (Å²) in [6.07, 6.45) is -5.77. The number of ether oxygens (including phenoxy) is 1. The number of hydrogen-bond acceptors (Lipinski definition) is 5. The number of methoxy groups -OCH3 is 1. The number of nitrogens with one attached hydrogen (secondary N) is 1. The Hall–Kier alpha value is -2.55. The third-order valence-electron chi connectivity index (χ3n) is 3.14. The van der Waals surface area contributed by atoms with E-state index < -0.39 is 24.7 Å². The smallest absolute Gasteiger partial charge is 0.405 e. The van der Waals surface area contributed by atoms with Crippen molar-refractivity contribution in [2.45, 2.75) is 19.2 Å². The van der Waals surface area contributed by atoms with Gasteiger partial charge in [-0.3, -0.25) is 4.79 Å². The Labute approximate surface area is 135 Å². The Morgan fingerprint density at radius 2 is 2.00 bits per heavy atom. The highest BCUT2D eigenvalue weighted by atomic mass is 19.4. The first-order valence-electron chi connectivity index (χ1n) is 6.90. The monoisotopic (exact) mass is 344 g/mol. The van der Waals surface area contributed by atoms with Gasteiger partial charge in [-0.15, -0.1) is 0 Å². The van der Waals surface area contributed by atoms with E-state index in [0.717, 1.165) is 0 Å². The number of aromatic nitrogens is 1. The predicted octanol–water partition coefficient (Wildman–Crippen LogP) is 2.70. The summed E-state index contributed by atoms with van der Waals surface area (Å²) in [5.74, 6) is -0.683. The molecule has 0 aliphatic carbocycles. The molecule has 0 saturated carbocycles. The summed E-state index contributed by atoms with van der Waals surface area (Å²) >= 11 is 0. The van der Waals surface area contributed by atoms with Crippen molar-refractivity contribution in [3.8, 4) is 17.0 Å². The third-order valence-corrected chi connectivity index (χ3v) is 3.14. The summed E-state index contributed by atoms with van der Waals surface area (Å²) in [6, 6.07) is 6.35. The van der Waals surface area contributed by atoms with E-state index in [2.05, 4.69) is 5.16 Å². The average Bonchev–Trinajstić information content (AvgIpc) is 2.97. The Balaban J connectivity index is 2.39. The van der Waals surface area contributed by atoms with E-state index in [0.29, 0.717) is 11.3 Å². The van der Waals surface area contributed by atoms with Crippen molar-refractivity contribution in [2.24, 2.45) is 0 Å². The van der Waals surface area contributed by atoms with Crippen molar-refractivity contribution >= 4 is 5.91 Å². The van der Waals surface area contributed by atoms with Crippen LogP contribution in [0.15, 0.2) is 28.8 Å². The van der Waals surface area contributed by atoms with E-state index >= 15 is 0 Å². The van der Waals surface area contributed by atoms with Gasteiger partial charge in [0.15, 0.2) is 5.76 Å². The molecule has 2 aromatic rings. The number of hydrogen-bond donors (Lipinski definition) is 2. The number of carbonyl (C=O) groups is 1. The molecular weight excluding hydrogens is 329 g/mol. The fourth-order valence-corrected chi connectivity index (χ4v) is 2.02. The van der Waals surface area contributed by atoms with Crippen LogP contribution >= 0.6 is 0 Å². The van der Waals surface area contributed by atoms with Crippen LogP contribution in [0, 0.1) is 0 Å². The molecule has 0 fully saturated rings. The number of aliphatic hydroxyl groups excluding tert-OH is 1. The van der Waals surface area contributed by atoms with E-state index in [-0.39, 0.29) is 17.0 Å². The summed E-state index contributed by atoms with van der Waals surface area (Å²) in [6.45, 7) is -0.183. The topological polar surface area (TPSA) is 84.6 Å². The van der Waals surface area contributed by atoms with Crippen LogP contribution in [0.4, 0.5) is 13.2 Å². The molecule has 0 aliphatic heterocycles. The summed E-state index contributed by atoms with van der Waals surface area (Å²) in [5.41, 5.74) is 0.233. The lowest BCUT2D eigenvalue weighted by Crippen LogP contribution is -2.34. The predicted molar refractivity (Wildman–Crippen MR) is 77.5 cm³/mol. The number of alkyl halides is 3. The molecule has 0 saturated heterocycles. The maximum absolute atomic E-state index is 12.3. The normalized spacial score (nSPS) is 12.8. The van der Waals surface area contributed by atoms with Crippen LogP contribution in [0.1, 0.15) is 29.1 Å². The number of amides is 1. The number of halogens is 3. The van der Waals surface area contributed by atoms with Crippen LogP contribution in [-0.4, -0.2) is 36.0 Å². The number of nitrogens with zero attached hydrogens (tertiary/aromatic N) is 1. The average molecular weight is 344 g/mol. The summed E-state index contributed by atoms with van der Waals surface area (Å²) in [7, 11) is 1.48. The first-order chi connectivity index (χ1) is 11.2. The highest BCUT2D eigenvalue weighted by Gasteiger charge is 2.31. The van der Waals surface area contributed by atoms with Crippen LogP contribution in [0.3, 0.4) is 0 Å². The van der Waals surface area contributed by atoms with E-state index in [1.807, 2.05) is 0 Å². The van der Waals surface area contributed by atoms with Crippen molar-refractivity contribution in [1.29, 1.82) is 0 Å². The van der Waals surface area contributed by atoms with Gasteiger partial charge in [0.05, 0.1) is 7.11 Å². The van der Waals surface area contributed by atoms with E-state index in [1.54, 1.807) is 29.6 Å². The zero-order chi connectivity index (χ0) is 17.9. The fraction of sp³-hybridized carbons (Fsp3) is 0.333. The van der Waals surface area contributed by atoms with Crippen LogP contribution in [0.2, 0.25) is 0 Å². The van der Waals surface area contributed by atoms with Crippen molar-refractivity contribution in [3.63, 3.8) is 0 Å². The zero-order valence-electron chi connectivity index (χ0n) is 12.8. The molecule has 130 valence electrons. The second-order valence-electron chi connectivity index (χ2n) is 4.97. The van der Waals surface area contributed by atoms with Crippen molar-refractivity contribution in [1.82, 2.24) is 10.5 Å². The van der Waals surface area contributed by atoms with Crippen molar-refractivity contribution < 1.29 is 32.3 Å². The van der Waals surface area contributed by atoms with Crippen LogP contribution < -0.4 is 10.1 Å². The standard InChI is InChI=1S/C15H15F3N2O4/c1-8(21)13-11(14(22)19-7-15(16,17)18)12(20-24-13)9-3-5-10(23-2)6-4-9/h3-6,8,21H,7H2,1-2H3,(H,19,22). The minimum Gasteiger partial charge on any atom is -0.497 e. The van der Waals surface area contributed by atoms with Gasteiger partial charge >= 0.3 is 6.18 Å². The molecule has 0 bridgehead atoms. The maximum atomic E-state index is 12.3. The van der Waals surface area contributed by atoms with Gasteiger partial charge in [-0.05, 0) is 31.2 Å². The summed E-state index contributed by atoms with van der Waals surface area (Å²) < 4.78 is 46.9. The lowest BCUT2D eigenvalue weighted by Gasteiger charge is -2.10. The molecule has 0 aliphatic rings. The Morgan fingerprint density at radius 1 is 1.38 bits per heavy atom. The number of carbonyl (C=O) groups excluding carboxylic acids is 1. The molecule has 6 nitrogen and oxygen atoms in total. The number of rotatable bonds is 5. The number of benzene rings is 1. The highest BCUT2D eigenvalue weighted by Crippen LogP contribution is 2.30. The van der Waals surface area contributed by atoms with E-state index in [1.165, 1.54) is 14.0 Å². The molecular formula is C15H15F3N2O4. The summed E-state index contributed by atoms with van der Waals surface area (Å²) in [4.78, 5) is 12.1. The lowest BCUT2D eigenvalue weighted by atomic mass is 10.0. The molecule has 1 amide bonds. The zero-order valence-corrected chi connectivity index (χ0v) is 12.8. The summed E-state index contributed by atoms with van der Waals surface area (Å²) in [5, 5.41) is 15.1. The first-order valence-corrected chi connectivity index (χ1v) is 6.90. The minimum absolute atomic E-state index is 0.0354. The molecule has 0 spiro atoms. The Morgan fingerprint density at radius 3 is 2.50 bits per heavy atom. The van der Waals surface area contributed by atoms with Gasteiger partial charge < -0.3 is 19.7 Å². The Kier molecular flexibility index (Phi) is 5.13. The van der Waals surface area contributed by atoms with Gasteiger partial charge in [-0.25, -0.2) is 0 Å². The molecule has 1 aromatic heterocycles. The highest BCUT2D eigenvalue weighted by molar-refractivity contribution is 6.01. The molecule has 2 N–H and O–H groups in total. The third kappa shape index (κ3) is 4.05. The second kappa shape index (κ2) is 6.91. The molecule has 2 rings (SSSR count). The largest absolute Gasteiger partial charge is 0.497 e. The van der Waals surface area contributed by atoms with Gasteiger partial charge in [0.2, 0.25) is 0 Å². The maximum Gasteiger partial charge on any atom is 0.405 e. The van der Waals surface area contributed by atoms with Crippen molar-refractivity contribution in [2.75, 3.05) is 13.7 Å². The molecule has 1 atom stereocenters. The minimum atomic E-state index is -4.56. The van der Waals surface area contributed by atoms with Gasteiger partial charge in [-0.1, -0.05) is 5.16 Å². The van der Waals surface area contributed by atoms with E-state index in [9.17, 15) is 23.1 Å². The lowest BCUT2D eigenvalue weighted by molar-refractivity contribution is -0.123.